The summed E-state index contributed by atoms with van der Waals surface area (Å²) in [6, 6.07) is 5.40. The van der Waals surface area contributed by atoms with Gasteiger partial charge in [-0.3, -0.25) is 4.90 Å². The molecule has 0 bridgehead atoms. The van der Waals surface area contributed by atoms with Crippen LogP contribution in [0.25, 0.3) is 0 Å². The van der Waals surface area contributed by atoms with Crippen molar-refractivity contribution in [3.05, 3.63) is 34.6 Å². The van der Waals surface area contributed by atoms with Crippen LogP contribution in [-0.4, -0.2) is 30.6 Å². The number of nitrogens with zero attached hydrogens (tertiary/aromatic N) is 1. The smallest absolute Gasteiger partial charge is 0.127 e. The van der Waals surface area contributed by atoms with Crippen molar-refractivity contribution in [3.8, 4) is 0 Å². The van der Waals surface area contributed by atoms with E-state index in [0.29, 0.717) is 23.2 Å². The lowest BCUT2D eigenvalue weighted by molar-refractivity contribution is 0.308. The van der Waals surface area contributed by atoms with Gasteiger partial charge in [-0.25, -0.2) is 4.39 Å². The van der Waals surface area contributed by atoms with E-state index in [1.165, 1.54) is 18.9 Å². The Hall–Kier alpha value is -0.640. The maximum absolute atomic E-state index is 13.7. The Balaban J connectivity index is 1.68. The van der Waals surface area contributed by atoms with Crippen LogP contribution in [0.2, 0.25) is 5.02 Å². The first-order valence-electron chi connectivity index (χ1n) is 6.62. The van der Waals surface area contributed by atoms with E-state index < -0.39 is 0 Å². The van der Waals surface area contributed by atoms with Crippen molar-refractivity contribution in [2.24, 2.45) is 5.92 Å². The van der Waals surface area contributed by atoms with E-state index in [9.17, 15) is 4.39 Å². The first-order valence-corrected chi connectivity index (χ1v) is 7.00. The minimum absolute atomic E-state index is 0.151. The van der Waals surface area contributed by atoms with Gasteiger partial charge in [0.1, 0.15) is 5.82 Å². The molecule has 2 nitrogen and oxygen atoms in total. The Morgan fingerprint density at radius 3 is 3.11 bits per heavy atom. The van der Waals surface area contributed by atoms with E-state index in [2.05, 4.69) is 10.2 Å². The molecule has 3 rings (SSSR count). The Morgan fingerprint density at radius 2 is 2.28 bits per heavy atom. The highest BCUT2D eigenvalue weighted by atomic mass is 35.5. The topological polar surface area (TPSA) is 15.3 Å². The number of fused-ring (bicyclic) bond motifs is 1. The second-order valence-corrected chi connectivity index (χ2v) is 5.83. The van der Waals surface area contributed by atoms with Crippen molar-refractivity contribution < 1.29 is 4.39 Å². The van der Waals surface area contributed by atoms with Gasteiger partial charge in [0.15, 0.2) is 0 Å². The highest BCUT2D eigenvalue weighted by Crippen LogP contribution is 2.27. The Morgan fingerprint density at radius 1 is 1.39 bits per heavy atom. The van der Waals surface area contributed by atoms with E-state index in [-0.39, 0.29) is 5.82 Å². The third-order valence-corrected chi connectivity index (χ3v) is 4.31. The van der Waals surface area contributed by atoms with E-state index in [1.807, 2.05) is 0 Å². The number of hydrogen-bond donors (Lipinski definition) is 1. The molecule has 2 saturated heterocycles. The van der Waals surface area contributed by atoms with Crippen molar-refractivity contribution in [3.63, 3.8) is 0 Å². The third-order valence-electron chi connectivity index (χ3n) is 4.08. The van der Waals surface area contributed by atoms with Crippen LogP contribution in [-0.2, 0) is 6.54 Å². The van der Waals surface area contributed by atoms with Crippen LogP contribution in [0.15, 0.2) is 18.2 Å². The normalized spacial score (nSPS) is 28.3. The van der Waals surface area contributed by atoms with Crippen LogP contribution in [0.4, 0.5) is 4.39 Å². The summed E-state index contributed by atoms with van der Waals surface area (Å²) in [5.41, 5.74) is 0.709. The van der Waals surface area contributed by atoms with Crippen LogP contribution in [0.1, 0.15) is 18.4 Å². The van der Waals surface area contributed by atoms with E-state index in [1.54, 1.807) is 12.1 Å². The number of rotatable bonds is 2. The molecule has 0 unspecified atom stereocenters. The van der Waals surface area contributed by atoms with Crippen molar-refractivity contribution in [1.82, 2.24) is 10.2 Å². The summed E-state index contributed by atoms with van der Waals surface area (Å²) in [6.07, 6.45) is 2.56. The van der Waals surface area contributed by atoms with Crippen molar-refractivity contribution in [2.45, 2.75) is 25.4 Å². The summed E-state index contributed by atoms with van der Waals surface area (Å²) < 4.78 is 13.7. The summed E-state index contributed by atoms with van der Waals surface area (Å²) in [5, 5.41) is 4.17. The van der Waals surface area contributed by atoms with Gasteiger partial charge in [-0.2, -0.15) is 0 Å². The molecular formula is C14H18ClFN2. The summed E-state index contributed by atoms with van der Waals surface area (Å²) >= 11 is 5.93. The second-order valence-electron chi connectivity index (χ2n) is 5.39. The Kier molecular flexibility index (Phi) is 3.55. The summed E-state index contributed by atoms with van der Waals surface area (Å²) in [5.74, 6) is 0.586. The van der Waals surface area contributed by atoms with Gasteiger partial charge in [-0.05, 0) is 43.5 Å². The number of benzene rings is 1. The molecule has 2 fully saturated rings. The molecule has 1 N–H and O–H groups in total. The second kappa shape index (κ2) is 5.16. The minimum atomic E-state index is -0.151. The van der Waals surface area contributed by atoms with Crippen molar-refractivity contribution in [2.75, 3.05) is 19.6 Å². The number of piperidine rings is 1. The molecule has 0 spiro atoms. The fraction of sp³-hybridized carbons (Fsp3) is 0.571. The SMILES string of the molecule is Fc1ccc(Cl)cc1CN1C[C@@H]2CCCN[C@@H]2C1. The molecule has 0 aromatic heterocycles. The van der Waals surface area contributed by atoms with Crippen LogP contribution in [0.5, 0.6) is 0 Å². The van der Waals surface area contributed by atoms with Gasteiger partial charge in [0.2, 0.25) is 0 Å². The maximum atomic E-state index is 13.7. The molecule has 18 heavy (non-hydrogen) atoms. The van der Waals surface area contributed by atoms with Gasteiger partial charge in [-0.1, -0.05) is 11.6 Å². The molecule has 1 aromatic rings. The van der Waals surface area contributed by atoms with Gasteiger partial charge < -0.3 is 5.32 Å². The van der Waals surface area contributed by atoms with Gasteiger partial charge >= 0.3 is 0 Å². The Bertz CT molecular complexity index is 424. The average molecular weight is 269 g/mol. The highest BCUT2D eigenvalue weighted by Gasteiger charge is 2.34. The molecule has 0 saturated carbocycles. The molecule has 0 aliphatic carbocycles. The van der Waals surface area contributed by atoms with Gasteiger partial charge in [-0.15, -0.1) is 0 Å². The van der Waals surface area contributed by atoms with Crippen LogP contribution < -0.4 is 5.32 Å². The van der Waals surface area contributed by atoms with Gasteiger partial charge in [0, 0.05) is 36.3 Å². The summed E-state index contributed by atoms with van der Waals surface area (Å²) in [7, 11) is 0. The molecule has 4 heteroatoms. The molecule has 1 aromatic carbocycles. The summed E-state index contributed by atoms with van der Waals surface area (Å²) in [4.78, 5) is 2.34. The number of nitrogens with one attached hydrogen (secondary N) is 1. The maximum Gasteiger partial charge on any atom is 0.127 e. The molecule has 2 heterocycles. The lowest BCUT2D eigenvalue weighted by Crippen LogP contribution is -2.40. The molecule has 98 valence electrons. The third kappa shape index (κ3) is 2.53. The predicted octanol–water partition coefficient (Wildman–Crippen LogP) is 2.66. The molecule has 0 amide bonds. The first kappa shape index (κ1) is 12.4. The number of likely N-dealkylation sites (tertiary alicyclic amines) is 1. The minimum Gasteiger partial charge on any atom is -0.312 e. The number of halogens is 2. The van der Waals surface area contributed by atoms with E-state index >= 15 is 0 Å². The van der Waals surface area contributed by atoms with Gasteiger partial charge in [0.25, 0.3) is 0 Å². The quantitative estimate of drug-likeness (QED) is 0.887. The zero-order valence-corrected chi connectivity index (χ0v) is 11.1. The van der Waals surface area contributed by atoms with Gasteiger partial charge in [0.05, 0.1) is 0 Å². The molecule has 2 atom stereocenters. The lowest BCUT2D eigenvalue weighted by Gasteiger charge is -2.24. The first-order chi connectivity index (χ1) is 8.72. The van der Waals surface area contributed by atoms with E-state index in [4.69, 9.17) is 11.6 Å². The average Bonchev–Trinajstić information content (AvgIpc) is 2.76. The van der Waals surface area contributed by atoms with Crippen molar-refractivity contribution >= 4 is 11.6 Å². The van der Waals surface area contributed by atoms with Crippen LogP contribution in [0.3, 0.4) is 0 Å². The zero-order valence-electron chi connectivity index (χ0n) is 10.3. The fourth-order valence-corrected chi connectivity index (χ4v) is 3.37. The molecular weight excluding hydrogens is 251 g/mol. The number of hydrogen-bond acceptors (Lipinski definition) is 2. The van der Waals surface area contributed by atoms with Crippen LogP contribution >= 0.6 is 11.6 Å². The highest BCUT2D eigenvalue weighted by molar-refractivity contribution is 6.30. The summed E-state index contributed by atoms with van der Waals surface area (Å²) in [6.45, 7) is 3.89. The molecule has 2 aliphatic heterocycles. The Labute approximate surface area is 112 Å². The monoisotopic (exact) mass is 268 g/mol. The predicted molar refractivity (Wildman–Crippen MR) is 71.2 cm³/mol. The largest absolute Gasteiger partial charge is 0.312 e. The van der Waals surface area contributed by atoms with E-state index in [0.717, 1.165) is 25.6 Å². The molecule has 2 aliphatic rings. The van der Waals surface area contributed by atoms with Crippen LogP contribution in [0, 0.1) is 11.7 Å². The van der Waals surface area contributed by atoms with Crippen molar-refractivity contribution in [1.29, 1.82) is 0 Å². The standard InChI is InChI=1S/C14H18ClFN2/c15-12-3-4-13(16)11(6-12)8-18-7-10-2-1-5-17-14(10)9-18/h3-4,6,10,14,17H,1-2,5,7-9H2/t10-,14+/m0/s1. The lowest BCUT2D eigenvalue weighted by atomic mass is 9.94. The zero-order chi connectivity index (χ0) is 12.5. The fourth-order valence-electron chi connectivity index (χ4n) is 3.17. The molecule has 0 radical (unpaired) electrons.